The largest absolute Gasteiger partial charge is 0.444 e. The molecule has 7 heteroatoms. The Morgan fingerprint density at radius 2 is 2.14 bits per heavy atom. The van der Waals surface area contributed by atoms with E-state index in [1.165, 1.54) is 0 Å². The Morgan fingerprint density at radius 3 is 2.76 bits per heavy atom. The molecule has 1 saturated heterocycles. The zero-order chi connectivity index (χ0) is 15.5. The van der Waals surface area contributed by atoms with Gasteiger partial charge in [0.2, 0.25) is 5.95 Å². The molecule has 1 amide bonds. The van der Waals surface area contributed by atoms with E-state index in [0.29, 0.717) is 17.5 Å². The molecule has 6 nitrogen and oxygen atoms in total. The van der Waals surface area contributed by atoms with Gasteiger partial charge in [-0.25, -0.2) is 14.8 Å². The van der Waals surface area contributed by atoms with Crippen molar-refractivity contribution in [2.45, 2.75) is 45.3 Å². The zero-order valence-corrected chi connectivity index (χ0v) is 13.4. The SMILES string of the molecule is CC(C)(C)OC(=O)NCC1CCCN1c1ncc(Cl)cn1. The summed E-state index contributed by atoms with van der Waals surface area (Å²) in [6.45, 7) is 6.92. The highest BCUT2D eigenvalue weighted by Gasteiger charge is 2.27. The molecule has 1 atom stereocenters. The molecule has 0 spiro atoms. The number of carbonyl (C=O) groups is 1. The molecule has 0 bridgehead atoms. The molecule has 1 aromatic rings. The molecule has 0 saturated carbocycles. The fourth-order valence-corrected chi connectivity index (χ4v) is 2.38. The number of amides is 1. The number of rotatable bonds is 3. The quantitative estimate of drug-likeness (QED) is 0.929. The highest BCUT2D eigenvalue weighted by molar-refractivity contribution is 6.30. The highest BCUT2D eigenvalue weighted by Crippen LogP contribution is 2.22. The second-order valence-electron chi connectivity index (χ2n) is 6.07. The van der Waals surface area contributed by atoms with Crippen molar-refractivity contribution in [1.29, 1.82) is 0 Å². The maximum atomic E-state index is 11.7. The maximum Gasteiger partial charge on any atom is 0.407 e. The Morgan fingerprint density at radius 1 is 1.48 bits per heavy atom. The van der Waals surface area contributed by atoms with E-state index in [1.54, 1.807) is 12.4 Å². The van der Waals surface area contributed by atoms with Crippen molar-refractivity contribution >= 4 is 23.6 Å². The Balaban J connectivity index is 1.90. The molecule has 116 valence electrons. The van der Waals surface area contributed by atoms with E-state index in [1.807, 2.05) is 20.8 Å². The van der Waals surface area contributed by atoms with Gasteiger partial charge >= 0.3 is 6.09 Å². The van der Waals surface area contributed by atoms with Crippen LogP contribution in [0.25, 0.3) is 0 Å². The molecule has 1 unspecified atom stereocenters. The van der Waals surface area contributed by atoms with Gasteiger partial charge in [0.15, 0.2) is 0 Å². The molecule has 0 radical (unpaired) electrons. The summed E-state index contributed by atoms with van der Waals surface area (Å²) in [6.07, 6.45) is 4.81. The van der Waals surface area contributed by atoms with Gasteiger partial charge in [-0.1, -0.05) is 11.6 Å². The van der Waals surface area contributed by atoms with Crippen molar-refractivity contribution in [3.63, 3.8) is 0 Å². The summed E-state index contributed by atoms with van der Waals surface area (Å²) in [5, 5.41) is 3.32. The minimum absolute atomic E-state index is 0.179. The van der Waals surface area contributed by atoms with Crippen LogP contribution >= 0.6 is 11.6 Å². The molecule has 1 fully saturated rings. The minimum atomic E-state index is -0.487. The van der Waals surface area contributed by atoms with Gasteiger partial charge in [0.1, 0.15) is 5.60 Å². The number of hydrogen-bond acceptors (Lipinski definition) is 5. The number of anilines is 1. The standard InChI is InChI=1S/C14H21ClN4O2/c1-14(2,3)21-13(20)18-9-11-5-4-6-19(11)12-16-7-10(15)8-17-12/h7-8,11H,4-6,9H2,1-3H3,(H,18,20). The van der Waals surface area contributed by atoms with Crippen LogP contribution in [0.4, 0.5) is 10.7 Å². The summed E-state index contributed by atoms with van der Waals surface area (Å²) in [6, 6.07) is 0.179. The van der Waals surface area contributed by atoms with Crippen LogP contribution in [0.15, 0.2) is 12.4 Å². The molecule has 0 aromatic carbocycles. The zero-order valence-electron chi connectivity index (χ0n) is 12.6. The summed E-state index contributed by atoms with van der Waals surface area (Å²) >= 11 is 5.80. The van der Waals surface area contributed by atoms with Crippen LogP contribution in [0.3, 0.4) is 0 Å². The van der Waals surface area contributed by atoms with Gasteiger partial charge in [0, 0.05) is 19.1 Å². The molecule has 2 heterocycles. The van der Waals surface area contributed by atoms with Crippen LogP contribution < -0.4 is 10.2 Å². The summed E-state index contributed by atoms with van der Waals surface area (Å²) in [5.74, 6) is 0.646. The highest BCUT2D eigenvalue weighted by atomic mass is 35.5. The van der Waals surface area contributed by atoms with Crippen molar-refractivity contribution in [3.05, 3.63) is 17.4 Å². The van der Waals surface area contributed by atoms with Crippen LogP contribution in [0.5, 0.6) is 0 Å². The van der Waals surface area contributed by atoms with Crippen LogP contribution in [0, 0.1) is 0 Å². The van der Waals surface area contributed by atoms with Crippen molar-refractivity contribution in [2.75, 3.05) is 18.0 Å². The molecular weight excluding hydrogens is 292 g/mol. The molecule has 1 aromatic heterocycles. The minimum Gasteiger partial charge on any atom is -0.444 e. The monoisotopic (exact) mass is 312 g/mol. The third-order valence-corrected chi connectivity index (χ3v) is 3.32. The number of nitrogens with zero attached hydrogens (tertiary/aromatic N) is 3. The fraction of sp³-hybridized carbons (Fsp3) is 0.643. The van der Waals surface area contributed by atoms with Crippen molar-refractivity contribution in [2.24, 2.45) is 0 Å². The lowest BCUT2D eigenvalue weighted by Crippen LogP contribution is -2.42. The lowest BCUT2D eigenvalue weighted by Gasteiger charge is -2.26. The third kappa shape index (κ3) is 4.74. The van der Waals surface area contributed by atoms with Gasteiger partial charge in [-0.15, -0.1) is 0 Å². The van der Waals surface area contributed by atoms with Crippen LogP contribution in [0.2, 0.25) is 5.02 Å². The first-order valence-corrected chi connectivity index (χ1v) is 7.44. The van der Waals surface area contributed by atoms with Gasteiger partial charge in [0.25, 0.3) is 0 Å². The molecule has 2 rings (SSSR count). The van der Waals surface area contributed by atoms with Gasteiger partial charge in [-0.2, -0.15) is 0 Å². The van der Waals surface area contributed by atoms with Crippen molar-refractivity contribution < 1.29 is 9.53 Å². The Kier molecular flexibility index (Phi) is 4.88. The van der Waals surface area contributed by atoms with Crippen molar-refractivity contribution in [1.82, 2.24) is 15.3 Å². The molecule has 0 aliphatic carbocycles. The first kappa shape index (κ1) is 15.8. The van der Waals surface area contributed by atoms with E-state index in [9.17, 15) is 4.79 Å². The summed E-state index contributed by atoms with van der Waals surface area (Å²) in [4.78, 5) is 22.3. The van der Waals surface area contributed by atoms with E-state index in [-0.39, 0.29) is 6.04 Å². The van der Waals surface area contributed by atoms with E-state index < -0.39 is 11.7 Å². The summed E-state index contributed by atoms with van der Waals surface area (Å²) < 4.78 is 5.24. The second-order valence-corrected chi connectivity index (χ2v) is 6.51. The van der Waals surface area contributed by atoms with Gasteiger partial charge in [0.05, 0.1) is 17.4 Å². The molecule has 1 N–H and O–H groups in total. The third-order valence-electron chi connectivity index (χ3n) is 3.12. The molecular formula is C14H21ClN4O2. The van der Waals surface area contributed by atoms with Gasteiger partial charge < -0.3 is 15.0 Å². The van der Waals surface area contributed by atoms with E-state index in [2.05, 4.69) is 20.2 Å². The number of carbonyl (C=O) groups excluding carboxylic acids is 1. The Hall–Kier alpha value is -1.56. The average Bonchev–Trinajstić information content (AvgIpc) is 2.83. The van der Waals surface area contributed by atoms with E-state index in [0.717, 1.165) is 19.4 Å². The Bertz CT molecular complexity index is 487. The number of alkyl carbamates (subject to hydrolysis) is 1. The van der Waals surface area contributed by atoms with Gasteiger partial charge in [-0.05, 0) is 33.6 Å². The first-order chi connectivity index (χ1) is 9.85. The summed E-state index contributed by atoms with van der Waals surface area (Å²) in [5.41, 5.74) is -0.487. The first-order valence-electron chi connectivity index (χ1n) is 7.06. The normalized spacial score (nSPS) is 18.7. The van der Waals surface area contributed by atoms with Crippen LogP contribution in [-0.4, -0.2) is 40.8 Å². The number of halogens is 1. The van der Waals surface area contributed by atoms with Gasteiger partial charge in [-0.3, -0.25) is 0 Å². The average molecular weight is 313 g/mol. The molecule has 1 aliphatic heterocycles. The number of hydrogen-bond donors (Lipinski definition) is 1. The molecule has 1 aliphatic rings. The summed E-state index contributed by atoms with van der Waals surface area (Å²) in [7, 11) is 0. The fourth-order valence-electron chi connectivity index (χ4n) is 2.28. The van der Waals surface area contributed by atoms with E-state index in [4.69, 9.17) is 16.3 Å². The topological polar surface area (TPSA) is 67.3 Å². The molecule has 21 heavy (non-hydrogen) atoms. The number of nitrogens with one attached hydrogen (secondary N) is 1. The predicted octanol–water partition coefficient (Wildman–Crippen LogP) is 2.62. The lowest BCUT2D eigenvalue weighted by molar-refractivity contribution is 0.0525. The smallest absolute Gasteiger partial charge is 0.407 e. The lowest BCUT2D eigenvalue weighted by atomic mass is 10.2. The van der Waals surface area contributed by atoms with Crippen LogP contribution in [0.1, 0.15) is 33.6 Å². The Labute approximate surface area is 129 Å². The predicted molar refractivity (Wildman–Crippen MR) is 81.6 cm³/mol. The van der Waals surface area contributed by atoms with Crippen molar-refractivity contribution in [3.8, 4) is 0 Å². The second kappa shape index (κ2) is 6.47. The number of aromatic nitrogens is 2. The maximum absolute atomic E-state index is 11.7. The number of ether oxygens (including phenoxy) is 1. The van der Waals surface area contributed by atoms with Crippen LogP contribution in [-0.2, 0) is 4.74 Å². The van der Waals surface area contributed by atoms with E-state index >= 15 is 0 Å².